The van der Waals surface area contributed by atoms with Gasteiger partial charge in [0.25, 0.3) is 0 Å². The second kappa shape index (κ2) is 4.20. The average Bonchev–Trinajstić information content (AvgIpc) is 2.16. The fraction of sp³-hybridized carbons (Fsp3) is 0.250. The van der Waals surface area contributed by atoms with Crippen molar-refractivity contribution in [2.24, 2.45) is 0 Å². The van der Waals surface area contributed by atoms with Crippen molar-refractivity contribution in [3.05, 3.63) is 42.0 Å². The summed E-state index contributed by atoms with van der Waals surface area (Å²) in [6, 6.07) is 9.55. The highest BCUT2D eigenvalue weighted by molar-refractivity contribution is 5.87. The summed E-state index contributed by atoms with van der Waals surface area (Å²) in [5, 5.41) is 9.62. The minimum atomic E-state index is -1.37. The fourth-order valence-corrected chi connectivity index (χ4v) is 0.940. The molecule has 0 amide bonds. The Hall–Kier alpha value is -1.41. The van der Waals surface area contributed by atoms with Crippen molar-refractivity contribution in [1.82, 2.24) is 0 Å². The largest absolute Gasteiger partial charge is 0.378 e. The van der Waals surface area contributed by atoms with Gasteiger partial charge < -0.3 is 5.11 Å². The molecule has 1 aromatic rings. The van der Waals surface area contributed by atoms with Crippen LogP contribution in [-0.2, 0) is 4.79 Å². The fourth-order valence-electron chi connectivity index (χ4n) is 0.940. The summed E-state index contributed by atoms with van der Waals surface area (Å²) >= 11 is 0. The zero-order chi connectivity index (χ0) is 10.6. The topological polar surface area (TPSA) is 37.3 Å². The van der Waals surface area contributed by atoms with Crippen molar-refractivity contribution in [1.29, 1.82) is 0 Å². The van der Waals surface area contributed by atoms with Crippen molar-refractivity contribution in [2.45, 2.75) is 19.4 Å². The summed E-state index contributed by atoms with van der Waals surface area (Å²) < 4.78 is 0. The van der Waals surface area contributed by atoms with Crippen LogP contribution in [0.3, 0.4) is 0 Å². The van der Waals surface area contributed by atoms with E-state index in [4.69, 9.17) is 0 Å². The van der Waals surface area contributed by atoms with E-state index in [2.05, 4.69) is 0 Å². The van der Waals surface area contributed by atoms with Crippen LogP contribution in [0.2, 0.25) is 0 Å². The second-order valence-corrected chi connectivity index (χ2v) is 3.45. The molecular formula is C12H14O2. The molecule has 0 heterocycles. The van der Waals surface area contributed by atoms with Crippen molar-refractivity contribution < 1.29 is 9.90 Å². The van der Waals surface area contributed by atoms with Crippen LogP contribution in [0.4, 0.5) is 0 Å². The van der Waals surface area contributed by atoms with Gasteiger partial charge in [0.1, 0.15) is 5.60 Å². The van der Waals surface area contributed by atoms with Gasteiger partial charge in [0.15, 0.2) is 5.78 Å². The van der Waals surface area contributed by atoms with Crippen LogP contribution in [0.1, 0.15) is 19.4 Å². The Bertz CT molecular complexity index is 337. The second-order valence-electron chi connectivity index (χ2n) is 3.45. The van der Waals surface area contributed by atoms with Gasteiger partial charge >= 0.3 is 0 Å². The SMILES string of the molecule is CC(=O)C(C)(O)/C=C/c1ccccc1. The van der Waals surface area contributed by atoms with E-state index >= 15 is 0 Å². The summed E-state index contributed by atoms with van der Waals surface area (Å²) in [6.07, 6.45) is 3.24. The lowest BCUT2D eigenvalue weighted by atomic mass is 10.0. The van der Waals surface area contributed by atoms with E-state index in [1.54, 1.807) is 6.08 Å². The van der Waals surface area contributed by atoms with Crippen LogP contribution in [0, 0.1) is 0 Å². The van der Waals surface area contributed by atoms with Gasteiger partial charge in [-0.25, -0.2) is 0 Å². The molecule has 0 fully saturated rings. The first-order valence-electron chi connectivity index (χ1n) is 4.50. The van der Waals surface area contributed by atoms with Crippen LogP contribution < -0.4 is 0 Å². The smallest absolute Gasteiger partial charge is 0.164 e. The maximum atomic E-state index is 11.0. The van der Waals surface area contributed by atoms with Gasteiger partial charge in [-0.05, 0) is 25.5 Å². The van der Waals surface area contributed by atoms with Gasteiger partial charge in [-0.1, -0.05) is 36.4 Å². The standard InChI is InChI=1S/C12H14O2/c1-10(13)12(2,14)9-8-11-6-4-3-5-7-11/h3-9,14H,1-2H3/b9-8+. The third kappa shape index (κ3) is 2.82. The Labute approximate surface area is 83.9 Å². The summed E-state index contributed by atoms with van der Waals surface area (Å²) in [4.78, 5) is 11.0. The third-order valence-corrected chi connectivity index (χ3v) is 2.11. The molecule has 0 spiro atoms. The van der Waals surface area contributed by atoms with E-state index < -0.39 is 5.60 Å². The molecule has 0 aliphatic rings. The number of rotatable bonds is 3. The lowest BCUT2D eigenvalue weighted by Crippen LogP contribution is -2.29. The average molecular weight is 190 g/mol. The molecule has 0 radical (unpaired) electrons. The lowest BCUT2D eigenvalue weighted by molar-refractivity contribution is -0.129. The zero-order valence-electron chi connectivity index (χ0n) is 8.40. The van der Waals surface area contributed by atoms with E-state index in [9.17, 15) is 9.90 Å². The molecule has 14 heavy (non-hydrogen) atoms. The Morgan fingerprint density at radius 2 is 1.93 bits per heavy atom. The zero-order valence-corrected chi connectivity index (χ0v) is 8.40. The molecule has 1 N–H and O–H groups in total. The van der Waals surface area contributed by atoms with Crippen molar-refractivity contribution in [2.75, 3.05) is 0 Å². The molecule has 2 nitrogen and oxygen atoms in total. The highest BCUT2D eigenvalue weighted by Gasteiger charge is 2.21. The van der Waals surface area contributed by atoms with E-state index in [1.807, 2.05) is 30.3 Å². The number of benzene rings is 1. The van der Waals surface area contributed by atoms with E-state index in [0.717, 1.165) is 5.56 Å². The molecule has 0 aliphatic carbocycles. The Morgan fingerprint density at radius 3 is 2.43 bits per heavy atom. The molecule has 2 heteroatoms. The number of Topliss-reactive ketones (excluding diaryl/α,β-unsaturated/α-hetero) is 1. The maximum Gasteiger partial charge on any atom is 0.164 e. The summed E-state index contributed by atoms with van der Waals surface area (Å²) in [5.41, 5.74) is -0.399. The molecule has 0 saturated heterocycles. The number of hydrogen-bond acceptors (Lipinski definition) is 2. The van der Waals surface area contributed by atoms with Crippen LogP contribution >= 0.6 is 0 Å². The minimum absolute atomic E-state index is 0.260. The van der Waals surface area contributed by atoms with Gasteiger partial charge in [-0.3, -0.25) is 4.79 Å². The normalized spacial score (nSPS) is 15.4. The van der Waals surface area contributed by atoms with Crippen LogP contribution in [-0.4, -0.2) is 16.5 Å². The minimum Gasteiger partial charge on any atom is -0.378 e. The number of aliphatic hydroxyl groups is 1. The summed E-state index contributed by atoms with van der Waals surface area (Å²) in [7, 11) is 0. The number of hydrogen-bond donors (Lipinski definition) is 1. The molecule has 1 unspecified atom stereocenters. The highest BCUT2D eigenvalue weighted by Crippen LogP contribution is 2.10. The lowest BCUT2D eigenvalue weighted by Gasteiger charge is -2.13. The predicted molar refractivity (Wildman–Crippen MR) is 56.8 cm³/mol. The molecule has 1 atom stereocenters. The Balaban J connectivity index is 2.79. The predicted octanol–water partition coefficient (Wildman–Crippen LogP) is 2.04. The molecule has 0 aromatic heterocycles. The summed E-state index contributed by atoms with van der Waals surface area (Å²) in [5.74, 6) is -0.260. The van der Waals surface area contributed by atoms with Crippen LogP contribution in [0.25, 0.3) is 6.08 Å². The molecule has 1 aromatic carbocycles. The van der Waals surface area contributed by atoms with Crippen LogP contribution in [0.15, 0.2) is 36.4 Å². The van der Waals surface area contributed by atoms with Gasteiger partial charge in [-0.15, -0.1) is 0 Å². The maximum absolute atomic E-state index is 11.0. The molecule has 0 aliphatic heterocycles. The molecule has 0 saturated carbocycles. The molecule has 1 rings (SSSR count). The Morgan fingerprint density at radius 1 is 1.36 bits per heavy atom. The molecule has 74 valence electrons. The first-order valence-corrected chi connectivity index (χ1v) is 4.50. The van der Waals surface area contributed by atoms with Crippen molar-refractivity contribution in [3.63, 3.8) is 0 Å². The first-order chi connectivity index (χ1) is 6.52. The van der Waals surface area contributed by atoms with Gasteiger partial charge in [-0.2, -0.15) is 0 Å². The van der Waals surface area contributed by atoms with Gasteiger partial charge in [0, 0.05) is 0 Å². The van der Waals surface area contributed by atoms with Gasteiger partial charge in [0.2, 0.25) is 0 Å². The monoisotopic (exact) mass is 190 g/mol. The van der Waals surface area contributed by atoms with Crippen LogP contribution in [0.5, 0.6) is 0 Å². The molecular weight excluding hydrogens is 176 g/mol. The summed E-state index contributed by atoms with van der Waals surface area (Å²) in [6.45, 7) is 2.85. The Kier molecular flexibility index (Phi) is 3.20. The van der Waals surface area contributed by atoms with E-state index in [-0.39, 0.29) is 5.78 Å². The molecule has 0 bridgehead atoms. The van der Waals surface area contributed by atoms with E-state index in [0.29, 0.717) is 0 Å². The van der Waals surface area contributed by atoms with Crippen molar-refractivity contribution >= 4 is 11.9 Å². The van der Waals surface area contributed by atoms with Gasteiger partial charge in [0.05, 0.1) is 0 Å². The van der Waals surface area contributed by atoms with E-state index in [1.165, 1.54) is 19.9 Å². The quantitative estimate of drug-likeness (QED) is 0.792. The number of carbonyl (C=O) groups excluding carboxylic acids is 1. The first kappa shape index (κ1) is 10.7. The third-order valence-electron chi connectivity index (χ3n) is 2.11. The number of ketones is 1. The van der Waals surface area contributed by atoms with Crippen molar-refractivity contribution in [3.8, 4) is 0 Å². The number of carbonyl (C=O) groups is 1. The highest BCUT2D eigenvalue weighted by atomic mass is 16.3.